The van der Waals surface area contributed by atoms with Crippen molar-refractivity contribution in [3.05, 3.63) is 29.6 Å². The standard InChI is InChI=1S/C15H21F2N3O2/c1-10(20(4-6-21-2)5-7-22-3)15-18-13-8-11(16)12(17)9-14(13)19-15/h8-10H,4-7H2,1-3H3,(H,18,19). The number of nitrogens with one attached hydrogen (secondary N) is 1. The Labute approximate surface area is 128 Å². The predicted octanol–water partition coefficient (Wildman–Crippen LogP) is 2.50. The molecule has 0 amide bonds. The van der Waals surface area contributed by atoms with Gasteiger partial charge in [-0.2, -0.15) is 0 Å². The van der Waals surface area contributed by atoms with E-state index in [1.165, 1.54) is 0 Å². The Morgan fingerprint density at radius 1 is 1.14 bits per heavy atom. The number of nitrogens with zero attached hydrogens (tertiary/aromatic N) is 2. The van der Waals surface area contributed by atoms with Crippen molar-refractivity contribution in [3.63, 3.8) is 0 Å². The number of ether oxygens (including phenoxy) is 2. The van der Waals surface area contributed by atoms with Crippen molar-refractivity contribution in [2.24, 2.45) is 0 Å². The molecule has 1 aromatic heterocycles. The second-order valence-electron chi connectivity index (χ2n) is 5.10. The molecule has 1 heterocycles. The second-order valence-corrected chi connectivity index (χ2v) is 5.10. The van der Waals surface area contributed by atoms with Gasteiger partial charge in [-0.1, -0.05) is 0 Å². The fourth-order valence-electron chi connectivity index (χ4n) is 2.31. The van der Waals surface area contributed by atoms with Crippen LogP contribution in [0.25, 0.3) is 11.0 Å². The highest BCUT2D eigenvalue weighted by atomic mass is 19.2. The molecule has 1 unspecified atom stereocenters. The molecule has 0 bridgehead atoms. The average Bonchev–Trinajstić information content (AvgIpc) is 2.90. The summed E-state index contributed by atoms with van der Waals surface area (Å²) < 4.78 is 36.8. The van der Waals surface area contributed by atoms with Crippen molar-refractivity contribution in [2.75, 3.05) is 40.5 Å². The first-order chi connectivity index (χ1) is 10.6. The Morgan fingerprint density at radius 2 is 1.73 bits per heavy atom. The smallest absolute Gasteiger partial charge is 0.161 e. The summed E-state index contributed by atoms with van der Waals surface area (Å²) in [6, 6.07) is 2.18. The molecule has 0 fully saturated rings. The summed E-state index contributed by atoms with van der Waals surface area (Å²) in [4.78, 5) is 9.56. The second kappa shape index (κ2) is 7.62. The third-order valence-corrected chi connectivity index (χ3v) is 3.65. The van der Waals surface area contributed by atoms with Crippen LogP contribution in [0.3, 0.4) is 0 Å². The number of imidazole rings is 1. The minimum Gasteiger partial charge on any atom is -0.383 e. The summed E-state index contributed by atoms with van der Waals surface area (Å²) in [5.74, 6) is -1.12. The monoisotopic (exact) mass is 313 g/mol. The van der Waals surface area contributed by atoms with Crippen molar-refractivity contribution >= 4 is 11.0 Å². The first-order valence-electron chi connectivity index (χ1n) is 7.13. The van der Waals surface area contributed by atoms with Crippen LogP contribution in [0.1, 0.15) is 18.8 Å². The van der Waals surface area contributed by atoms with Gasteiger partial charge in [0, 0.05) is 39.4 Å². The van der Waals surface area contributed by atoms with Crippen LogP contribution >= 0.6 is 0 Å². The molecule has 2 aromatic rings. The summed E-state index contributed by atoms with van der Waals surface area (Å²) in [7, 11) is 3.29. The van der Waals surface area contributed by atoms with E-state index in [1.54, 1.807) is 14.2 Å². The van der Waals surface area contributed by atoms with Gasteiger partial charge in [-0.05, 0) is 6.92 Å². The highest BCUT2D eigenvalue weighted by molar-refractivity contribution is 5.75. The average molecular weight is 313 g/mol. The van der Waals surface area contributed by atoms with Crippen molar-refractivity contribution in [1.82, 2.24) is 14.9 Å². The van der Waals surface area contributed by atoms with E-state index in [2.05, 4.69) is 14.9 Å². The third-order valence-electron chi connectivity index (χ3n) is 3.65. The molecule has 0 aliphatic rings. The van der Waals surface area contributed by atoms with E-state index >= 15 is 0 Å². The van der Waals surface area contributed by atoms with Gasteiger partial charge in [-0.15, -0.1) is 0 Å². The van der Waals surface area contributed by atoms with Crippen LogP contribution in [0.15, 0.2) is 12.1 Å². The van der Waals surface area contributed by atoms with Crippen molar-refractivity contribution in [2.45, 2.75) is 13.0 Å². The Morgan fingerprint density at radius 3 is 2.32 bits per heavy atom. The van der Waals surface area contributed by atoms with E-state index < -0.39 is 11.6 Å². The Hall–Kier alpha value is -1.57. The van der Waals surface area contributed by atoms with Crippen LogP contribution in [-0.2, 0) is 9.47 Å². The van der Waals surface area contributed by atoms with Crippen molar-refractivity contribution in [1.29, 1.82) is 0 Å². The number of hydrogen-bond acceptors (Lipinski definition) is 4. The molecule has 122 valence electrons. The quantitative estimate of drug-likeness (QED) is 0.813. The minimum absolute atomic E-state index is 0.0520. The summed E-state index contributed by atoms with van der Waals surface area (Å²) in [6.45, 7) is 4.56. The molecule has 5 nitrogen and oxygen atoms in total. The van der Waals surface area contributed by atoms with Crippen molar-refractivity contribution in [3.8, 4) is 0 Å². The number of aromatic nitrogens is 2. The zero-order chi connectivity index (χ0) is 16.1. The van der Waals surface area contributed by atoms with Crippen LogP contribution in [0.5, 0.6) is 0 Å². The molecule has 0 saturated carbocycles. The normalized spacial score (nSPS) is 13.2. The van der Waals surface area contributed by atoms with Crippen LogP contribution in [-0.4, -0.2) is 55.4 Å². The lowest BCUT2D eigenvalue weighted by Crippen LogP contribution is -2.33. The zero-order valence-corrected chi connectivity index (χ0v) is 13.0. The highest BCUT2D eigenvalue weighted by Crippen LogP contribution is 2.22. The third kappa shape index (κ3) is 3.79. The maximum Gasteiger partial charge on any atom is 0.161 e. The maximum absolute atomic E-state index is 13.3. The van der Waals surface area contributed by atoms with Crippen molar-refractivity contribution < 1.29 is 18.3 Å². The summed E-state index contributed by atoms with van der Waals surface area (Å²) in [5, 5.41) is 0. The topological polar surface area (TPSA) is 50.4 Å². The van der Waals surface area contributed by atoms with Gasteiger partial charge in [0.2, 0.25) is 0 Å². The molecule has 0 spiro atoms. The number of methoxy groups -OCH3 is 2. The molecule has 22 heavy (non-hydrogen) atoms. The van der Waals surface area contributed by atoms with Gasteiger partial charge < -0.3 is 14.5 Å². The Balaban J connectivity index is 2.22. The lowest BCUT2D eigenvalue weighted by atomic mass is 10.2. The lowest BCUT2D eigenvalue weighted by Gasteiger charge is -2.27. The maximum atomic E-state index is 13.3. The van der Waals surface area contributed by atoms with E-state index in [0.29, 0.717) is 43.2 Å². The molecular formula is C15H21F2N3O2. The van der Waals surface area contributed by atoms with Crippen LogP contribution in [0.4, 0.5) is 8.78 Å². The summed E-state index contributed by atoms with van der Waals surface area (Å²) in [5.41, 5.74) is 0.901. The van der Waals surface area contributed by atoms with E-state index in [9.17, 15) is 8.78 Å². The molecule has 1 N–H and O–H groups in total. The van der Waals surface area contributed by atoms with E-state index in [0.717, 1.165) is 12.1 Å². The molecule has 1 aromatic carbocycles. The summed E-state index contributed by atoms with van der Waals surface area (Å²) >= 11 is 0. The Kier molecular flexibility index (Phi) is 5.82. The molecule has 0 radical (unpaired) electrons. The first kappa shape index (κ1) is 16.8. The van der Waals surface area contributed by atoms with Crippen LogP contribution < -0.4 is 0 Å². The number of rotatable bonds is 8. The minimum atomic E-state index is -0.895. The molecular weight excluding hydrogens is 292 g/mol. The Bertz CT molecular complexity index is 571. The fraction of sp³-hybridized carbons (Fsp3) is 0.533. The van der Waals surface area contributed by atoms with Gasteiger partial charge in [-0.25, -0.2) is 13.8 Å². The molecule has 0 aliphatic carbocycles. The molecule has 0 saturated heterocycles. The number of benzene rings is 1. The van der Waals surface area contributed by atoms with Gasteiger partial charge >= 0.3 is 0 Å². The van der Waals surface area contributed by atoms with Gasteiger partial charge in [-0.3, -0.25) is 4.90 Å². The SMILES string of the molecule is COCCN(CCOC)C(C)c1nc2cc(F)c(F)cc2[nH]1. The first-order valence-corrected chi connectivity index (χ1v) is 7.13. The number of aromatic amines is 1. The van der Waals surface area contributed by atoms with E-state index in [-0.39, 0.29) is 6.04 Å². The zero-order valence-electron chi connectivity index (χ0n) is 13.0. The van der Waals surface area contributed by atoms with Gasteiger partial charge in [0.15, 0.2) is 11.6 Å². The van der Waals surface area contributed by atoms with Gasteiger partial charge in [0.05, 0.1) is 30.3 Å². The number of halogens is 2. The summed E-state index contributed by atoms with van der Waals surface area (Å²) in [6.07, 6.45) is 0. The number of hydrogen-bond donors (Lipinski definition) is 1. The molecule has 7 heteroatoms. The number of H-pyrrole nitrogens is 1. The van der Waals surface area contributed by atoms with Crippen LogP contribution in [0, 0.1) is 11.6 Å². The van der Waals surface area contributed by atoms with Gasteiger partial charge in [0.25, 0.3) is 0 Å². The number of fused-ring (bicyclic) bond motifs is 1. The van der Waals surface area contributed by atoms with Gasteiger partial charge in [0.1, 0.15) is 5.82 Å². The van der Waals surface area contributed by atoms with E-state index in [4.69, 9.17) is 9.47 Å². The predicted molar refractivity (Wildman–Crippen MR) is 79.7 cm³/mol. The van der Waals surface area contributed by atoms with Crippen LogP contribution in [0.2, 0.25) is 0 Å². The lowest BCUT2D eigenvalue weighted by molar-refractivity contribution is 0.0899. The largest absolute Gasteiger partial charge is 0.383 e. The highest BCUT2D eigenvalue weighted by Gasteiger charge is 2.19. The molecule has 0 aliphatic heterocycles. The van der Waals surface area contributed by atoms with E-state index in [1.807, 2.05) is 6.92 Å². The molecule has 1 atom stereocenters. The fourth-order valence-corrected chi connectivity index (χ4v) is 2.31. The molecule has 2 rings (SSSR count).